The van der Waals surface area contributed by atoms with Crippen LogP contribution < -0.4 is 5.32 Å². The Morgan fingerprint density at radius 3 is 2.40 bits per heavy atom. The molecule has 20 heavy (non-hydrogen) atoms. The van der Waals surface area contributed by atoms with E-state index in [2.05, 4.69) is 36.5 Å². The first-order valence-electron chi connectivity index (χ1n) is 7.06. The minimum absolute atomic E-state index is 0.0893. The van der Waals surface area contributed by atoms with Crippen LogP contribution in [0.5, 0.6) is 0 Å². The number of benzene rings is 2. The van der Waals surface area contributed by atoms with Crippen LogP contribution >= 0.6 is 0 Å². The molecule has 0 fully saturated rings. The number of hydrogen-bond donors (Lipinski definition) is 1. The van der Waals surface area contributed by atoms with Crippen molar-refractivity contribution in [1.82, 2.24) is 0 Å². The minimum atomic E-state index is 0.0893. The van der Waals surface area contributed by atoms with Crippen molar-refractivity contribution in [3.8, 4) is 0 Å². The maximum absolute atomic E-state index is 11.9. The predicted molar refractivity (Wildman–Crippen MR) is 83.9 cm³/mol. The van der Waals surface area contributed by atoms with E-state index in [1.54, 1.807) is 0 Å². The summed E-state index contributed by atoms with van der Waals surface area (Å²) in [5.41, 5.74) is 4.57. The molecule has 1 N–H and O–H groups in total. The van der Waals surface area contributed by atoms with Crippen LogP contribution in [0.3, 0.4) is 0 Å². The lowest BCUT2D eigenvalue weighted by atomic mass is 10.1. The highest BCUT2D eigenvalue weighted by Crippen LogP contribution is 2.14. The average molecular weight is 267 g/mol. The van der Waals surface area contributed by atoms with Crippen LogP contribution in [0.2, 0.25) is 0 Å². The minimum Gasteiger partial charge on any atom is -0.326 e. The van der Waals surface area contributed by atoms with Gasteiger partial charge >= 0.3 is 0 Å². The quantitative estimate of drug-likeness (QED) is 0.861. The zero-order valence-corrected chi connectivity index (χ0v) is 12.1. The van der Waals surface area contributed by atoms with E-state index in [1.807, 2.05) is 31.2 Å². The summed E-state index contributed by atoms with van der Waals surface area (Å²) in [6.45, 7) is 4.08. The number of para-hydroxylation sites is 1. The molecule has 0 bridgehead atoms. The second-order valence-electron chi connectivity index (χ2n) is 5.20. The van der Waals surface area contributed by atoms with Gasteiger partial charge in [0, 0.05) is 12.1 Å². The second kappa shape index (κ2) is 6.90. The molecule has 2 aromatic carbocycles. The van der Waals surface area contributed by atoms with Crippen LogP contribution in [0.25, 0.3) is 0 Å². The summed E-state index contributed by atoms with van der Waals surface area (Å²) < 4.78 is 0. The smallest absolute Gasteiger partial charge is 0.224 e. The summed E-state index contributed by atoms with van der Waals surface area (Å²) in [6.07, 6.45) is 2.38. The standard InChI is InChI=1S/C18H21NO/c1-14-10-12-16(13-11-14)7-5-9-18(20)19-17-8-4-3-6-15(17)2/h3-4,6,8,10-13H,5,7,9H2,1-2H3,(H,19,20). The summed E-state index contributed by atoms with van der Waals surface area (Å²) in [5, 5.41) is 2.97. The second-order valence-corrected chi connectivity index (χ2v) is 5.20. The normalized spacial score (nSPS) is 10.3. The Labute approximate surface area is 120 Å². The fourth-order valence-electron chi connectivity index (χ4n) is 2.13. The highest BCUT2D eigenvalue weighted by atomic mass is 16.1. The third kappa shape index (κ3) is 4.23. The van der Waals surface area contributed by atoms with Crippen molar-refractivity contribution in [2.75, 3.05) is 5.32 Å². The first-order valence-corrected chi connectivity index (χ1v) is 7.06. The lowest BCUT2D eigenvalue weighted by Crippen LogP contribution is -2.12. The monoisotopic (exact) mass is 267 g/mol. The van der Waals surface area contributed by atoms with Crippen LogP contribution in [0.4, 0.5) is 5.69 Å². The van der Waals surface area contributed by atoms with E-state index >= 15 is 0 Å². The van der Waals surface area contributed by atoms with Crippen LogP contribution in [-0.2, 0) is 11.2 Å². The first kappa shape index (κ1) is 14.3. The molecule has 0 unspecified atom stereocenters. The third-order valence-electron chi connectivity index (χ3n) is 3.41. The average Bonchev–Trinajstić information content (AvgIpc) is 2.44. The van der Waals surface area contributed by atoms with E-state index in [0.717, 1.165) is 24.1 Å². The van der Waals surface area contributed by atoms with Gasteiger partial charge in [0.1, 0.15) is 0 Å². The van der Waals surface area contributed by atoms with Gasteiger partial charge in [-0.05, 0) is 43.9 Å². The van der Waals surface area contributed by atoms with Crippen molar-refractivity contribution >= 4 is 11.6 Å². The van der Waals surface area contributed by atoms with Gasteiger partial charge in [-0.25, -0.2) is 0 Å². The van der Waals surface area contributed by atoms with E-state index in [9.17, 15) is 4.79 Å². The van der Waals surface area contributed by atoms with Gasteiger partial charge < -0.3 is 5.32 Å². The first-order chi connectivity index (χ1) is 9.65. The number of carbonyl (C=O) groups excluding carboxylic acids is 1. The van der Waals surface area contributed by atoms with Crippen molar-refractivity contribution in [2.45, 2.75) is 33.1 Å². The molecule has 0 aliphatic carbocycles. The summed E-state index contributed by atoms with van der Waals surface area (Å²) in [4.78, 5) is 11.9. The molecule has 104 valence electrons. The van der Waals surface area contributed by atoms with Gasteiger partial charge in [0.05, 0.1) is 0 Å². The fraction of sp³-hybridized carbons (Fsp3) is 0.278. The Balaban J connectivity index is 1.78. The molecule has 0 saturated carbocycles. The Morgan fingerprint density at radius 2 is 1.70 bits per heavy atom. The Bertz CT molecular complexity index is 572. The van der Waals surface area contributed by atoms with Crippen LogP contribution in [0.1, 0.15) is 29.5 Å². The van der Waals surface area contributed by atoms with Crippen LogP contribution in [-0.4, -0.2) is 5.91 Å². The zero-order chi connectivity index (χ0) is 14.4. The number of aryl methyl sites for hydroxylation is 3. The third-order valence-corrected chi connectivity index (χ3v) is 3.41. The number of rotatable bonds is 5. The Kier molecular flexibility index (Phi) is 4.94. The van der Waals surface area contributed by atoms with E-state index in [-0.39, 0.29) is 5.91 Å². The maximum atomic E-state index is 11.9. The summed E-state index contributed by atoms with van der Waals surface area (Å²) in [6, 6.07) is 16.3. The highest BCUT2D eigenvalue weighted by molar-refractivity contribution is 5.91. The van der Waals surface area contributed by atoms with Crippen LogP contribution in [0, 0.1) is 13.8 Å². The fourth-order valence-corrected chi connectivity index (χ4v) is 2.13. The molecule has 0 radical (unpaired) electrons. The van der Waals surface area contributed by atoms with Gasteiger partial charge in [-0.15, -0.1) is 0 Å². The Morgan fingerprint density at radius 1 is 1.00 bits per heavy atom. The molecule has 0 saturated heterocycles. The predicted octanol–water partition coefficient (Wildman–Crippen LogP) is 4.26. The molecule has 0 aromatic heterocycles. The van der Waals surface area contributed by atoms with Crippen molar-refractivity contribution < 1.29 is 4.79 Å². The number of hydrogen-bond acceptors (Lipinski definition) is 1. The van der Waals surface area contributed by atoms with Gasteiger partial charge in [-0.2, -0.15) is 0 Å². The molecule has 0 spiro atoms. The van der Waals surface area contributed by atoms with E-state index < -0.39 is 0 Å². The SMILES string of the molecule is Cc1ccc(CCCC(=O)Nc2ccccc2C)cc1. The molecule has 2 aromatic rings. The van der Waals surface area contributed by atoms with Crippen molar-refractivity contribution in [1.29, 1.82) is 0 Å². The van der Waals surface area contributed by atoms with E-state index in [0.29, 0.717) is 6.42 Å². The number of nitrogens with one attached hydrogen (secondary N) is 1. The van der Waals surface area contributed by atoms with Gasteiger partial charge in [0.15, 0.2) is 0 Å². The van der Waals surface area contributed by atoms with Crippen molar-refractivity contribution in [3.63, 3.8) is 0 Å². The lowest BCUT2D eigenvalue weighted by Gasteiger charge is -2.08. The summed E-state index contributed by atoms with van der Waals surface area (Å²) >= 11 is 0. The van der Waals surface area contributed by atoms with Gasteiger partial charge in [-0.1, -0.05) is 48.0 Å². The lowest BCUT2D eigenvalue weighted by molar-refractivity contribution is -0.116. The summed E-state index contributed by atoms with van der Waals surface area (Å²) in [7, 11) is 0. The Hall–Kier alpha value is -2.09. The van der Waals surface area contributed by atoms with E-state index in [4.69, 9.17) is 0 Å². The maximum Gasteiger partial charge on any atom is 0.224 e. The topological polar surface area (TPSA) is 29.1 Å². The molecule has 0 aliphatic rings. The molecular weight excluding hydrogens is 246 g/mol. The highest BCUT2D eigenvalue weighted by Gasteiger charge is 2.04. The molecular formula is C18H21NO. The number of anilines is 1. The van der Waals surface area contributed by atoms with Crippen LogP contribution in [0.15, 0.2) is 48.5 Å². The molecule has 2 nitrogen and oxygen atoms in total. The van der Waals surface area contributed by atoms with E-state index in [1.165, 1.54) is 11.1 Å². The number of amides is 1. The van der Waals surface area contributed by atoms with Crippen molar-refractivity contribution in [3.05, 3.63) is 65.2 Å². The molecule has 1 amide bonds. The molecule has 2 rings (SSSR count). The zero-order valence-electron chi connectivity index (χ0n) is 12.1. The van der Waals surface area contributed by atoms with Crippen molar-refractivity contribution in [2.24, 2.45) is 0 Å². The largest absolute Gasteiger partial charge is 0.326 e. The van der Waals surface area contributed by atoms with Gasteiger partial charge in [0.2, 0.25) is 5.91 Å². The molecule has 0 aliphatic heterocycles. The molecule has 0 atom stereocenters. The summed E-state index contributed by atoms with van der Waals surface area (Å²) in [5.74, 6) is 0.0893. The van der Waals surface area contributed by atoms with Gasteiger partial charge in [0.25, 0.3) is 0 Å². The number of carbonyl (C=O) groups is 1. The molecule has 2 heteroatoms. The molecule has 0 heterocycles. The van der Waals surface area contributed by atoms with Gasteiger partial charge in [-0.3, -0.25) is 4.79 Å².